The molecule has 3 rings (SSSR count). The molecule has 6 nitrogen and oxygen atoms in total. The van der Waals surface area contributed by atoms with E-state index in [9.17, 15) is 9.59 Å². The van der Waals surface area contributed by atoms with Gasteiger partial charge in [0, 0.05) is 17.1 Å². The molecule has 7 heteroatoms. The first-order chi connectivity index (χ1) is 12.2. The number of thioether (sulfide) groups is 1. The fourth-order valence-electron chi connectivity index (χ4n) is 2.88. The van der Waals surface area contributed by atoms with Gasteiger partial charge in [-0.3, -0.25) is 4.79 Å². The minimum absolute atomic E-state index is 0.151. The van der Waals surface area contributed by atoms with Crippen molar-refractivity contribution in [1.29, 1.82) is 0 Å². The van der Waals surface area contributed by atoms with Crippen molar-refractivity contribution in [3.8, 4) is 0 Å². The van der Waals surface area contributed by atoms with E-state index in [0.29, 0.717) is 25.3 Å². The summed E-state index contributed by atoms with van der Waals surface area (Å²) in [5.41, 5.74) is 0.735. The highest BCUT2D eigenvalue weighted by molar-refractivity contribution is 7.98. The van der Waals surface area contributed by atoms with E-state index in [1.807, 2.05) is 30.5 Å². The van der Waals surface area contributed by atoms with Crippen LogP contribution in [-0.2, 0) is 11.3 Å². The first kappa shape index (κ1) is 17.4. The third-order valence-electron chi connectivity index (χ3n) is 4.15. The molecule has 1 unspecified atom stereocenters. The number of urea groups is 1. The van der Waals surface area contributed by atoms with Gasteiger partial charge in [0.15, 0.2) is 0 Å². The lowest BCUT2D eigenvalue weighted by molar-refractivity contribution is -0.124. The van der Waals surface area contributed by atoms with Crippen LogP contribution < -0.4 is 10.6 Å². The first-order valence-electron chi connectivity index (χ1n) is 8.19. The van der Waals surface area contributed by atoms with E-state index in [1.165, 1.54) is 0 Å². The van der Waals surface area contributed by atoms with Crippen molar-refractivity contribution in [3.05, 3.63) is 48.4 Å². The molecular weight excluding hydrogens is 338 g/mol. The monoisotopic (exact) mass is 359 g/mol. The van der Waals surface area contributed by atoms with Gasteiger partial charge in [0.2, 0.25) is 5.91 Å². The maximum absolute atomic E-state index is 12.6. The van der Waals surface area contributed by atoms with E-state index in [0.717, 1.165) is 17.0 Å². The van der Waals surface area contributed by atoms with E-state index in [1.54, 1.807) is 35.1 Å². The quantitative estimate of drug-likeness (QED) is 0.803. The molecule has 0 spiro atoms. The Morgan fingerprint density at radius 2 is 2.20 bits per heavy atom. The van der Waals surface area contributed by atoms with Gasteiger partial charge in [-0.1, -0.05) is 6.07 Å². The Balaban J connectivity index is 1.59. The summed E-state index contributed by atoms with van der Waals surface area (Å²) in [7, 11) is 0. The minimum atomic E-state index is -0.446. The third kappa shape index (κ3) is 4.36. The number of carbonyl (C=O) groups excluding carboxylic acids is 2. The van der Waals surface area contributed by atoms with E-state index < -0.39 is 6.04 Å². The fraction of sp³-hybridized carbons (Fsp3) is 0.333. The standard InChI is InChI=1S/C18H21N3O3S/c1-25-15-7-2-5-13(11-15)20-18(23)21-9-3-8-16(21)17(22)19-12-14-6-4-10-24-14/h2,4-7,10-11,16H,3,8-9,12H2,1H3,(H,19,22)(H,20,23). The number of amides is 3. The SMILES string of the molecule is CSc1cccc(NC(=O)N2CCCC2C(=O)NCc2ccco2)c1. The molecule has 1 aliphatic heterocycles. The number of anilines is 1. The molecule has 0 saturated carbocycles. The third-order valence-corrected chi connectivity index (χ3v) is 4.88. The highest BCUT2D eigenvalue weighted by Crippen LogP contribution is 2.22. The summed E-state index contributed by atoms with van der Waals surface area (Å²) >= 11 is 1.62. The highest BCUT2D eigenvalue weighted by Gasteiger charge is 2.34. The van der Waals surface area contributed by atoms with Gasteiger partial charge in [-0.25, -0.2) is 4.79 Å². The molecule has 25 heavy (non-hydrogen) atoms. The van der Waals surface area contributed by atoms with E-state index in [2.05, 4.69) is 10.6 Å². The van der Waals surface area contributed by atoms with Crippen molar-refractivity contribution in [3.63, 3.8) is 0 Å². The Morgan fingerprint density at radius 1 is 1.32 bits per heavy atom. The summed E-state index contributed by atoms with van der Waals surface area (Å²) in [4.78, 5) is 27.7. The lowest BCUT2D eigenvalue weighted by atomic mass is 10.2. The Labute approximate surface area is 151 Å². The molecule has 3 amide bonds. The summed E-state index contributed by atoms with van der Waals surface area (Å²) in [5.74, 6) is 0.540. The number of rotatable bonds is 5. The van der Waals surface area contributed by atoms with Crippen LogP contribution >= 0.6 is 11.8 Å². The van der Waals surface area contributed by atoms with E-state index >= 15 is 0 Å². The fourth-order valence-corrected chi connectivity index (χ4v) is 3.34. The number of nitrogens with one attached hydrogen (secondary N) is 2. The number of hydrogen-bond acceptors (Lipinski definition) is 4. The maximum atomic E-state index is 12.6. The molecule has 1 aromatic carbocycles. The van der Waals surface area contributed by atoms with E-state index in [-0.39, 0.29) is 11.9 Å². The van der Waals surface area contributed by atoms with Gasteiger partial charge in [-0.15, -0.1) is 11.8 Å². The van der Waals surface area contributed by atoms with Crippen molar-refractivity contribution in [1.82, 2.24) is 10.2 Å². The van der Waals surface area contributed by atoms with Crippen molar-refractivity contribution in [2.75, 3.05) is 18.1 Å². The molecule has 1 aromatic heterocycles. The van der Waals surface area contributed by atoms with E-state index in [4.69, 9.17) is 4.42 Å². The van der Waals surface area contributed by atoms with Crippen LogP contribution in [0.3, 0.4) is 0 Å². The Morgan fingerprint density at radius 3 is 2.96 bits per heavy atom. The molecule has 0 bridgehead atoms. The second-order valence-electron chi connectivity index (χ2n) is 5.81. The molecule has 2 N–H and O–H groups in total. The van der Waals surface area contributed by atoms with Crippen LogP contribution in [0, 0.1) is 0 Å². The number of likely N-dealkylation sites (tertiary alicyclic amines) is 1. The molecule has 132 valence electrons. The second-order valence-corrected chi connectivity index (χ2v) is 6.69. The number of carbonyl (C=O) groups is 2. The summed E-state index contributed by atoms with van der Waals surface area (Å²) < 4.78 is 5.21. The highest BCUT2D eigenvalue weighted by atomic mass is 32.2. The molecule has 1 fully saturated rings. The summed E-state index contributed by atoms with van der Waals surface area (Å²) in [6.45, 7) is 0.903. The van der Waals surface area contributed by atoms with Gasteiger partial charge >= 0.3 is 6.03 Å². The Kier molecular flexibility index (Phi) is 5.65. The van der Waals surface area contributed by atoms with Gasteiger partial charge in [-0.2, -0.15) is 0 Å². The largest absolute Gasteiger partial charge is 0.467 e. The van der Waals surface area contributed by atoms with Crippen molar-refractivity contribution in [2.45, 2.75) is 30.3 Å². The molecule has 1 aliphatic rings. The lowest BCUT2D eigenvalue weighted by Gasteiger charge is -2.24. The first-order valence-corrected chi connectivity index (χ1v) is 9.41. The van der Waals surface area contributed by atoms with Gasteiger partial charge in [0.05, 0.1) is 12.8 Å². The topological polar surface area (TPSA) is 74.6 Å². The molecule has 1 saturated heterocycles. The normalized spacial score (nSPS) is 16.7. The number of hydrogen-bond donors (Lipinski definition) is 2. The molecular formula is C18H21N3O3S. The number of furan rings is 1. The predicted octanol–water partition coefficient (Wildman–Crippen LogP) is 3.31. The molecule has 0 radical (unpaired) electrons. The Bertz CT molecular complexity index is 733. The van der Waals surface area contributed by atoms with Crippen LogP contribution in [0.2, 0.25) is 0 Å². The van der Waals surface area contributed by atoms with Crippen LogP contribution in [0.5, 0.6) is 0 Å². The van der Waals surface area contributed by atoms with Gasteiger partial charge in [-0.05, 0) is 49.4 Å². The summed E-state index contributed by atoms with van der Waals surface area (Å²) in [6.07, 6.45) is 5.04. The predicted molar refractivity (Wildman–Crippen MR) is 97.5 cm³/mol. The molecule has 0 aliphatic carbocycles. The Hall–Kier alpha value is -2.41. The zero-order chi connectivity index (χ0) is 17.6. The zero-order valence-electron chi connectivity index (χ0n) is 14.0. The number of nitrogens with zero attached hydrogens (tertiary/aromatic N) is 1. The zero-order valence-corrected chi connectivity index (χ0v) is 14.8. The van der Waals surface area contributed by atoms with Crippen molar-refractivity contribution in [2.24, 2.45) is 0 Å². The van der Waals surface area contributed by atoms with Crippen LogP contribution in [0.25, 0.3) is 0 Å². The van der Waals surface area contributed by atoms with Gasteiger partial charge in [0.1, 0.15) is 11.8 Å². The summed E-state index contributed by atoms with van der Waals surface area (Å²) in [6, 6.07) is 10.6. The van der Waals surface area contributed by atoms with Crippen molar-refractivity contribution < 1.29 is 14.0 Å². The summed E-state index contributed by atoms with van der Waals surface area (Å²) in [5, 5.41) is 5.72. The van der Waals surface area contributed by atoms with Crippen molar-refractivity contribution >= 4 is 29.4 Å². The average Bonchev–Trinajstić information content (AvgIpc) is 3.31. The molecule has 2 aromatic rings. The van der Waals surface area contributed by atoms with Gasteiger partial charge in [0.25, 0.3) is 0 Å². The average molecular weight is 359 g/mol. The maximum Gasteiger partial charge on any atom is 0.322 e. The smallest absolute Gasteiger partial charge is 0.322 e. The number of benzene rings is 1. The minimum Gasteiger partial charge on any atom is -0.467 e. The van der Waals surface area contributed by atoms with Crippen LogP contribution in [0.15, 0.2) is 52.0 Å². The molecule has 1 atom stereocenters. The van der Waals surface area contributed by atoms with Gasteiger partial charge < -0.3 is 20.0 Å². The molecule has 2 heterocycles. The second kappa shape index (κ2) is 8.11. The van der Waals surface area contributed by atoms with Crippen LogP contribution in [-0.4, -0.2) is 35.7 Å². The van der Waals surface area contributed by atoms with Crippen LogP contribution in [0.1, 0.15) is 18.6 Å². The lowest BCUT2D eigenvalue weighted by Crippen LogP contribution is -2.47. The van der Waals surface area contributed by atoms with Crippen LogP contribution in [0.4, 0.5) is 10.5 Å².